The van der Waals surface area contributed by atoms with Crippen molar-refractivity contribution in [2.45, 2.75) is 0 Å². The Hall–Kier alpha value is -8.46. The molecular weight excluding hydrogens is 773 g/mol. The molecule has 0 saturated carbocycles. The molecule has 298 valence electrons. The van der Waals surface area contributed by atoms with Crippen LogP contribution in [0.15, 0.2) is 243 Å². The number of hydrogen-bond acceptors (Lipinski definition) is 2. The zero-order valence-electron chi connectivity index (χ0n) is 35.0. The van der Waals surface area contributed by atoms with E-state index in [-0.39, 0.29) is 0 Å². The highest BCUT2D eigenvalue weighted by Gasteiger charge is 2.19. The molecule has 0 saturated heterocycles. The summed E-state index contributed by atoms with van der Waals surface area (Å²) in [4.78, 5) is 4.75. The Morgan fingerprint density at radius 2 is 0.469 bits per heavy atom. The maximum absolute atomic E-state index is 2.38. The van der Waals surface area contributed by atoms with Crippen molar-refractivity contribution in [3.05, 3.63) is 243 Å². The van der Waals surface area contributed by atoms with Gasteiger partial charge in [-0.3, -0.25) is 0 Å². The average molecular weight is 813 g/mol. The van der Waals surface area contributed by atoms with Crippen LogP contribution >= 0.6 is 0 Å². The van der Waals surface area contributed by atoms with Gasteiger partial charge in [-0.15, -0.1) is 0 Å². The molecule has 0 amide bonds. The molecule has 0 N–H and O–H groups in total. The van der Waals surface area contributed by atoms with Gasteiger partial charge in [0.05, 0.1) is 0 Å². The fourth-order valence-corrected chi connectivity index (χ4v) is 10.3. The molecule has 0 fully saturated rings. The lowest BCUT2D eigenvalue weighted by atomic mass is 9.93. The second kappa shape index (κ2) is 14.6. The SMILES string of the molecule is c1ccc(N(c2ccc(-c3ccccc3-c3ccc(N(c4ccccc4)c4cc5ccc6cccc7ccc(c4)c5c67)cc3)cc2)c2cc3ccc4cccc5ccc(c2)c3c45)cc1. The molecular formula is C62H40N2. The molecule has 0 heterocycles. The fraction of sp³-hybridized carbons (Fsp3) is 0. The highest BCUT2D eigenvalue weighted by atomic mass is 15.1. The summed E-state index contributed by atoms with van der Waals surface area (Å²) in [6.07, 6.45) is 0. The Morgan fingerprint density at radius 1 is 0.188 bits per heavy atom. The van der Waals surface area contributed by atoms with Crippen molar-refractivity contribution in [2.24, 2.45) is 0 Å². The van der Waals surface area contributed by atoms with E-state index in [1.807, 2.05) is 0 Å². The monoisotopic (exact) mass is 812 g/mol. The maximum atomic E-state index is 2.38. The number of rotatable bonds is 8. The molecule has 0 atom stereocenters. The Balaban J connectivity index is 0.865. The van der Waals surface area contributed by atoms with E-state index in [0.29, 0.717) is 0 Å². The summed E-state index contributed by atoms with van der Waals surface area (Å²) in [6, 6.07) is 89.0. The van der Waals surface area contributed by atoms with E-state index in [0.717, 1.165) is 34.1 Å². The van der Waals surface area contributed by atoms with Gasteiger partial charge in [-0.05, 0) is 160 Å². The molecule has 2 heteroatoms. The number of benzene rings is 13. The van der Waals surface area contributed by atoms with Crippen molar-refractivity contribution in [2.75, 3.05) is 9.80 Å². The summed E-state index contributed by atoms with van der Waals surface area (Å²) in [6.45, 7) is 0. The van der Waals surface area contributed by atoms with Crippen molar-refractivity contribution >= 4 is 98.8 Å². The summed E-state index contributed by atoms with van der Waals surface area (Å²) in [5.74, 6) is 0. The van der Waals surface area contributed by atoms with Gasteiger partial charge in [-0.25, -0.2) is 0 Å². The van der Waals surface area contributed by atoms with Gasteiger partial charge in [0.15, 0.2) is 0 Å². The minimum absolute atomic E-state index is 1.11. The Labute approximate surface area is 371 Å². The van der Waals surface area contributed by atoms with Crippen LogP contribution in [0.2, 0.25) is 0 Å². The van der Waals surface area contributed by atoms with Crippen molar-refractivity contribution in [1.82, 2.24) is 0 Å². The van der Waals surface area contributed by atoms with E-state index in [2.05, 4.69) is 252 Å². The summed E-state index contributed by atoms with van der Waals surface area (Å²) >= 11 is 0. The number of nitrogens with zero attached hydrogens (tertiary/aromatic N) is 2. The predicted octanol–water partition coefficient (Wildman–Crippen LogP) is 17.8. The van der Waals surface area contributed by atoms with Crippen LogP contribution < -0.4 is 9.80 Å². The van der Waals surface area contributed by atoms with Gasteiger partial charge >= 0.3 is 0 Å². The normalized spacial score (nSPS) is 11.8. The largest absolute Gasteiger partial charge is 0.310 e. The second-order valence-electron chi connectivity index (χ2n) is 16.9. The third-order valence-corrected chi connectivity index (χ3v) is 13.2. The topological polar surface area (TPSA) is 6.48 Å². The first kappa shape index (κ1) is 36.2. The minimum Gasteiger partial charge on any atom is -0.310 e. The van der Waals surface area contributed by atoms with Crippen LogP contribution in [0.5, 0.6) is 0 Å². The van der Waals surface area contributed by atoms with E-state index in [1.165, 1.54) is 86.9 Å². The zero-order valence-corrected chi connectivity index (χ0v) is 35.0. The molecule has 0 aliphatic carbocycles. The lowest BCUT2D eigenvalue weighted by molar-refractivity contribution is 1.29. The van der Waals surface area contributed by atoms with E-state index >= 15 is 0 Å². The third-order valence-electron chi connectivity index (χ3n) is 13.2. The van der Waals surface area contributed by atoms with Crippen LogP contribution in [0.1, 0.15) is 0 Å². The first-order chi connectivity index (χ1) is 31.7. The third kappa shape index (κ3) is 5.88. The smallest absolute Gasteiger partial charge is 0.0473 e. The highest BCUT2D eigenvalue weighted by Crippen LogP contribution is 2.44. The standard InChI is InChI=1S/C62H40N2/c1-3-15-51(16-4-1)63(55-37-47-25-21-43-11-9-12-44-22-26-48(38-55)61(47)59(43)44)53-33-29-41(30-34-53)57-19-7-8-20-58(57)42-31-35-54(36-32-42)64(52-17-5-2-6-18-52)56-39-49-27-23-45-13-10-14-46-24-28-50(40-56)62(49)60(45)46/h1-40H. The zero-order chi connectivity index (χ0) is 42.1. The first-order valence-corrected chi connectivity index (χ1v) is 22.1. The minimum atomic E-state index is 1.11. The van der Waals surface area contributed by atoms with Gasteiger partial charge < -0.3 is 9.80 Å². The van der Waals surface area contributed by atoms with Crippen LogP contribution in [-0.4, -0.2) is 0 Å². The van der Waals surface area contributed by atoms with Crippen LogP contribution in [0.25, 0.3) is 86.9 Å². The molecule has 0 spiro atoms. The second-order valence-corrected chi connectivity index (χ2v) is 16.9. The average Bonchev–Trinajstić information content (AvgIpc) is 3.36. The van der Waals surface area contributed by atoms with Gasteiger partial charge in [0.2, 0.25) is 0 Å². The predicted molar refractivity (Wildman–Crippen MR) is 274 cm³/mol. The molecule has 0 radical (unpaired) electrons. The molecule has 2 nitrogen and oxygen atoms in total. The van der Waals surface area contributed by atoms with E-state index < -0.39 is 0 Å². The Morgan fingerprint density at radius 3 is 0.812 bits per heavy atom. The van der Waals surface area contributed by atoms with Crippen molar-refractivity contribution < 1.29 is 0 Å². The van der Waals surface area contributed by atoms with Crippen LogP contribution in [0, 0.1) is 0 Å². The van der Waals surface area contributed by atoms with Crippen LogP contribution in [0.3, 0.4) is 0 Å². The Bertz CT molecular complexity index is 3440. The molecule has 64 heavy (non-hydrogen) atoms. The number of para-hydroxylation sites is 2. The summed E-state index contributed by atoms with van der Waals surface area (Å²) in [5, 5.41) is 15.4. The molecule has 0 unspecified atom stereocenters. The van der Waals surface area contributed by atoms with Crippen LogP contribution in [-0.2, 0) is 0 Å². The van der Waals surface area contributed by atoms with Gasteiger partial charge in [0, 0.05) is 34.1 Å². The van der Waals surface area contributed by atoms with E-state index in [4.69, 9.17) is 0 Å². The molecule has 0 aliphatic heterocycles. The lowest BCUT2D eigenvalue weighted by Gasteiger charge is -2.27. The molecule has 13 aromatic carbocycles. The van der Waals surface area contributed by atoms with Gasteiger partial charge in [0.25, 0.3) is 0 Å². The van der Waals surface area contributed by atoms with Crippen molar-refractivity contribution in [1.29, 1.82) is 0 Å². The van der Waals surface area contributed by atoms with Gasteiger partial charge in [-0.2, -0.15) is 0 Å². The fourth-order valence-electron chi connectivity index (χ4n) is 10.3. The summed E-state index contributed by atoms with van der Waals surface area (Å²) in [7, 11) is 0. The molecule has 0 aliphatic rings. The van der Waals surface area contributed by atoms with Crippen molar-refractivity contribution in [3.8, 4) is 22.3 Å². The molecule has 0 bridgehead atoms. The van der Waals surface area contributed by atoms with E-state index in [9.17, 15) is 0 Å². The summed E-state index contributed by atoms with van der Waals surface area (Å²) < 4.78 is 0. The summed E-state index contributed by atoms with van der Waals surface area (Å²) in [5.41, 5.74) is 11.5. The van der Waals surface area contributed by atoms with Crippen molar-refractivity contribution in [3.63, 3.8) is 0 Å². The van der Waals surface area contributed by atoms with Crippen LogP contribution in [0.4, 0.5) is 34.1 Å². The number of anilines is 6. The highest BCUT2D eigenvalue weighted by molar-refractivity contribution is 6.25. The lowest BCUT2D eigenvalue weighted by Crippen LogP contribution is -2.10. The number of hydrogen-bond donors (Lipinski definition) is 0. The molecule has 13 rings (SSSR count). The molecule has 0 aromatic heterocycles. The maximum Gasteiger partial charge on any atom is 0.0473 e. The van der Waals surface area contributed by atoms with Gasteiger partial charge in [0.1, 0.15) is 0 Å². The molecule has 13 aromatic rings. The quantitative estimate of drug-likeness (QED) is 0.141. The Kier molecular flexibility index (Phi) is 8.25. The van der Waals surface area contributed by atoms with E-state index in [1.54, 1.807) is 0 Å². The van der Waals surface area contributed by atoms with Gasteiger partial charge in [-0.1, -0.05) is 170 Å². The first-order valence-electron chi connectivity index (χ1n) is 22.1.